The van der Waals surface area contributed by atoms with E-state index in [0.29, 0.717) is 12.3 Å². The molecule has 2 aromatic carbocycles. The van der Waals surface area contributed by atoms with Crippen molar-refractivity contribution >= 4 is 11.6 Å². The van der Waals surface area contributed by atoms with Crippen molar-refractivity contribution in [2.24, 2.45) is 5.16 Å². The molecule has 1 aliphatic heterocycles. The molecule has 0 radical (unpaired) electrons. The zero-order valence-corrected chi connectivity index (χ0v) is 12.7. The number of hydrogen-bond acceptors (Lipinski definition) is 3. The monoisotopic (exact) mass is 306 g/mol. The summed E-state index contributed by atoms with van der Waals surface area (Å²) in [7, 11) is 0. The number of nitrogens with one attached hydrogen (secondary N) is 1. The first-order valence-electron chi connectivity index (χ1n) is 7.95. The summed E-state index contributed by atoms with van der Waals surface area (Å²) in [6.45, 7) is 0. The van der Waals surface area contributed by atoms with E-state index in [9.17, 15) is 4.79 Å². The van der Waals surface area contributed by atoms with Crippen LogP contribution in [0, 0.1) is 0 Å². The molecule has 1 saturated carbocycles. The molecule has 0 saturated heterocycles. The van der Waals surface area contributed by atoms with Crippen LogP contribution >= 0.6 is 0 Å². The molecule has 1 aliphatic carbocycles. The molecule has 1 fully saturated rings. The zero-order chi connectivity index (χ0) is 15.6. The van der Waals surface area contributed by atoms with E-state index in [-0.39, 0.29) is 11.9 Å². The van der Waals surface area contributed by atoms with Gasteiger partial charge in [0, 0.05) is 18.4 Å². The van der Waals surface area contributed by atoms with E-state index in [1.54, 1.807) is 0 Å². The van der Waals surface area contributed by atoms with E-state index in [2.05, 4.69) is 22.6 Å². The molecule has 1 N–H and O–H groups in total. The molecule has 0 unspecified atom stereocenters. The van der Waals surface area contributed by atoms with Crippen LogP contribution in [0.25, 0.3) is 0 Å². The van der Waals surface area contributed by atoms with Gasteiger partial charge in [0.05, 0.1) is 5.71 Å². The quantitative estimate of drug-likeness (QED) is 0.944. The van der Waals surface area contributed by atoms with Crippen LogP contribution in [0.15, 0.2) is 65.8 Å². The molecule has 116 valence electrons. The maximum atomic E-state index is 12.3. The topological polar surface area (TPSA) is 50.7 Å². The van der Waals surface area contributed by atoms with Crippen LogP contribution in [0.1, 0.15) is 29.9 Å². The fraction of sp³-hybridized carbons (Fsp3) is 0.263. The minimum atomic E-state index is -0.512. The largest absolute Gasteiger partial charge is 0.382 e. The fourth-order valence-electron chi connectivity index (χ4n) is 3.02. The highest BCUT2D eigenvalue weighted by atomic mass is 16.6. The molecule has 23 heavy (non-hydrogen) atoms. The number of oxime groups is 1. The van der Waals surface area contributed by atoms with Gasteiger partial charge in [-0.3, -0.25) is 4.79 Å². The highest BCUT2D eigenvalue weighted by Crippen LogP contribution is 2.40. The minimum Gasteiger partial charge on any atom is -0.382 e. The molecule has 1 amide bonds. The second kappa shape index (κ2) is 5.88. The van der Waals surface area contributed by atoms with Crippen LogP contribution < -0.4 is 5.32 Å². The van der Waals surface area contributed by atoms with Gasteiger partial charge in [-0.1, -0.05) is 65.8 Å². The highest BCUT2D eigenvalue weighted by molar-refractivity contribution is 6.04. The molecule has 4 rings (SSSR count). The Morgan fingerprint density at radius 2 is 1.74 bits per heavy atom. The average molecular weight is 306 g/mol. The molecule has 0 bridgehead atoms. The molecular formula is C19H18N2O2. The van der Waals surface area contributed by atoms with Crippen molar-refractivity contribution in [3.63, 3.8) is 0 Å². The number of carbonyl (C=O) groups excluding carboxylic acids is 1. The van der Waals surface area contributed by atoms with Gasteiger partial charge in [0.15, 0.2) is 0 Å². The molecule has 4 heteroatoms. The minimum absolute atomic E-state index is 0.0666. The SMILES string of the molecule is O=C(N[C@@H]1C[C@H]1c1ccccc1)[C@@H]1CC(c2ccccc2)=NO1. The third-order valence-corrected chi connectivity index (χ3v) is 4.41. The van der Waals surface area contributed by atoms with Crippen molar-refractivity contribution in [3.05, 3.63) is 71.8 Å². The van der Waals surface area contributed by atoms with Crippen LogP contribution in [-0.2, 0) is 9.63 Å². The molecule has 2 aliphatic rings. The average Bonchev–Trinajstić information content (AvgIpc) is 3.19. The van der Waals surface area contributed by atoms with Gasteiger partial charge < -0.3 is 10.2 Å². The van der Waals surface area contributed by atoms with Crippen molar-refractivity contribution in [1.82, 2.24) is 5.32 Å². The summed E-state index contributed by atoms with van der Waals surface area (Å²) in [5.41, 5.74) is 3.13. The Morgan fingerprint density at radius 1 is 1.04 bits per heavy atom. The van der Waals surface area contributed by atoms with Gasteiger partial charge in [-0.2, -0.15) is 0 Å². The van der Waals surface area contributed by atoms with Gasteiger partial charge in [-0.05, 0) is 17.5 Å². The van der Waals surface area contributed by atoms with E-state index < -0.39 is 6.10 Å². The summed E-state index contributed by atoms with van der Waals surface area (Å²) in [5, 5.41) is 7.15. The van der Waals surface area contributed by atoms with Crippen molar-refractivity contribution in [2.75, 3.05) is 0 Å². The third-order valence-electron chi connectivity index (χ3n) is 4.41. The summed E-state index contributed by atoms with van der Waals surface area (Å²) in [4.78, 5) is 17.7. The van der Waals surface area contributed by atoms with Crippen LogP contribution in [0.2, 0.25) is 0 Å². The molecule has 2 aromatic rings. The Bertz CT molecular complexity index is 728. The Kier molecular flexibility index (Phi) is 3.58. The molecule has 3 atom stereocenters. The van der Waals surface area contributed by atoms with Crippen molar-refractivity contribution in [1.29, 1.82) is 0 Å². The van der Waals surface area contributed by atoms with Crippen LogP contribution in [0.3, 0.4) is 0 Å². The standard InChI is InChI=1S/C19H18N2O2/c22-19(20-17-11-15(17)13-7-3-1-4-8-13)18-12-16(21-23-18)14-9-5-2-6-10-14/h1-10,15,17-18H,11-12H2,(H,20,22)/t15-,17+,18-/m0/s1. The van der Waals surface area contributed by atoms with Crippen molar-refractivity contribution < 1.29 is 9.63 Å². The van der Waals surface area contributed by atoms with Crippen LogP contribution in [0.4, 0.5) is 0 Å². The Labute approximate surface area is 135 Å². The van der Waals surface area contributed by atoms with Gasteiger partial charge in [-0.15, -0.1) is 0 Å². The van der Waals surface area contributed by atoms with E-state index in [1.165, 1.54) is 5.56 Å². The molecule has 1 heterocycles. The second-order valence-electron chi connectivity index (χ2n) is 6.07. The van der Waals surface area contributed by atoms with Gasteiger partial charge >= 0.3 is 0 Å². The third kappa shape index (κ3) is 2.97. The summed E-state index contributed by atoms with van der Waals surface area (Å²) >= 11 is 0. The van der Waals surface area contributed by atoms with E-state index in [0.717, 1.165) is 17.7 Å². The van der Waals surface area contributed by atoms with Crippen LogP contribution in [0.5, 0.6) is 0 Å². The lowest BCUT2D eigenvalue weighted by atomic mass is 10.0. The lowest BCUT2D eigenvalue weighted by molar-refractivity contribution is -0.131. The molecular weight excluding hydrogens is 288 g/mol. The van der Waals surface area contributed by atoms with Gasteiger partial charge in [0.2, 0.25) is 6.10 Å². The summed E-state index contributed by atoms with van der Waals surface area (Å²) in [6.07, 6.45) is 1.01. The summed E-state index contributed by atoms with van der Waals surface area (Å²) in [5.74, 6) is 0.360. The number of rotatable bonds is 4. The van der Waals surface area contributed by atoms with E-state index >= 15 is 0 Å². The van der Waals surface area contributed by atoms with Crippen LogP contribution in [-0.4, -0.2) is 23.8 Å². The highest BCUT2D eigenvalue weighted by Gasteiger charge is 2.41. The van der Waals surface area contributed by atoms with Gasteiger partial charge in [0.25, 0.3) is 5.91 Å². The smallest absolute Gasteiger partial charge is 0.264 e. The summed E-state index contributed by atoms with van der Waals surface area (Å²) < 4.78 is 0. The van der Waals surface area contributed by atoms with Gasteiger partial charge in [0.1, 0.15) is 0 Å². The normalized spacial score (nSPS) is 25.4. The first-order valence-corrected chi connectivity index (χ1v) is 7.95. The van der Waals surface area contributed by atoms with E-state index in [1.807, 2.05) is 48.5 Å². The predicted octanol–water partition coefficient (Wildman–Crippen LogP) is 2.85. The molecule has 4 nitrogen and oxygen atoms in total. The number of carbonyl (C=O) groups is 1. The Hall–Kier alpha value is -2.62. The van der Waals surface area contributed by atoms with Crippen molar-refractivity contribution in [3.8, 4) is 0 Å². The first kappa shape index (κ1) is 14.0. The van der Waals surface area contributed by atoms with E-state index in [4.69, 9.17) is 4.84 Å². The Morgan fingerprint density at radius 3 is 2.48 bits per heavy atom. The zero-order valence-electron chi connectivity index (χ0n) is 12.7. The number of amides is 1. The predicted molar refractivity (Wildman–Crippen MR) is 88.2 cm³/mol. The number of hydrogen-bond donors (Lipinski definition) is 1. The lowest BCUT2D eigenvalue weighted by Crippen LogP contribution is -2.36. The second-order valence-corrected chi connectivity index (χ2v) is 6.07. The molecule has 0 spiro atoms. The first-order chi connectivity index (χ1) is 11.3. The van der Waals surface area contributed by atoms with Crippen molar-refractivity contribution in [2.45, 2.75) is 30.9 Å². The summed E-state index contributed by atoms with van der Waals surface area (Å²) in [6, 6.07) is 20.4. The maximum absolute atomic E-state index is 12.3. The van der Waals surface area contributed by atoms with Gasteiger partial charge in [-0.25, -0.2) is 0 Å². The number of benzene rings is 2. The number of nitrogens with zero attached hydrogens (tertiary/aromatic N) is 1. The Balaban J connectivity index is 1.32. The lowest BCUT2D eigenvalue weighted by Gasteiger charge is -2.09. The fourth-order valence-corrected chi connectivity index (χ4v) is 3.02. The molecule has 0 aromatic heterocycles. The maximum Gasteiger partial charge on any atom is 0.264 e.